The van der Waals surface area contributed by atoms with Crippen LogP contribution < -0.4 is 26.3 Å². The number of amides is 1. The molecule has 0 saturated carbocycles. The summed E-state index contributed by atoms with van der Waals surface area (Å²) in [4.78, 5) is 11.3. The van der Waals surface area contributed by atoms with E-state index in [-0.39, 0.29) is 0 Å². The van der Waals surface area contributed by atoms with Crippen LogP contribution in [-0.2, 0) is 4.79 Å². The Kier molecular flexibility index (Phi) is 3.90. The van der Waals surface area contributed by atoms with E-state index in [0.29, 0.717) is 22.9 Å². The molecule has 0 aliphatic heterocycles. The third-order valence-electron chi connectivity index (χ3n) is 2.62. The number of hydrogen-bond donors (Lipinski definition) is 3. The lowest BCUT2D eigenvalue weighted by molar-refractivity contribution is -0.121. The summed E-state index contributed by atoms with van der Waals surface area (Å²) in [6.45, 7) is 3.34. The van der Waals surface area contributed by atoms with Crippen LogP contribution in [0.4, 0.5) is 11.4 Å². The van der Waals surface area contributed by atoms with Gasteiger partial charge in [0.2, 0.25) is 5.91 Å². The summed E-state index contributed by atoms with van der Waals surface area (Å²) < 4.78 is 10.3. The number of carbonyl (C=O) groups is 1. The van der Waals surface area contributed by atoms with Gasteiger partial charge in [0.05, 0.1) is 25.6 Å². The van der Waals surface area contributed by atoms with E-state index < -0.39 is 11.4 Å². The second-order valence-electron chi connectivity index (χ2n) is 4.41. The van der Waals surface area contributed by atoms with Crippen LogP contribution in [0.3, 0.4) is 0 Å². The molecular formula is C12H19N3O3. The number of nitrogens with one attached hydrogen (secondary N) is 1. The van der Waals surface area contributed by atoms with E-state index in [2.05, 4.69) is 5.32 Å². The Balaban J connectivity index is 3.14. The maximum Gasteiger partial charge on any atom is 0.242 e. The highest BCUT2D eigenvalue weighted by Crippen LogP contribution is 2.35. The minimum Gasteiger partial charge on any atom is -0.493 e. The number of benzene rings is 1. The molecule has 1 aromatic carbocycles. The molecule has 100 valence electrons. The number of nitrogen functional groups attached to an aromatic ring is 1. The Morgan fingerprint density at radius 1 is 1.22 bits per heavy atom. The van der Waals surface area contributed by atoms with Crippen molar-refractivity contribution in [1.29, 1.82) is 0 Å². The van der Waals surface area contributed by atoms with E-state index in [1.807, 2.05) is 0 Å². The highest BCUT2D eigenvalue weighted by Gasteiger charge is 2.25. The minimum absolute atomic E-state index is 0.446. The van der Waals surface area contributed by atoms with Gasteiger partial charge in [-0.15, -0.1) is 0 Å². The molecule has 1 aromatic rings. The molecule has 0 aliphatic rings. The first-order chi connectivity index (χ1) is 8.31. The molecule has 1 amide bonds. The number of carbonyl (C=O) groups excluding carboxylic acids is 1. The summed E-state index contributed by atoms with van der Waals surface area (Å²) in [5.41, 5.74) is 11.3. The van der Waals surface area contributed by atoms with Crippen molar-refractivity contribution < 1.29 is 14.3 Å². The largest absolute Gasteiger partial charge is 0.493 e. The molecule has 0 spiro atoms. The fourth-order valence-electron chi connectivity index (χ4n) is 1.40. The second kappa shape index (κ2) is 5.03. The number of rotatable bonds is 5. The summed E-state index contributed by atoms with van der Waals surface area (Å²) in [5, 5.41) is 2.98. The standard InChI is InChI=1S/C12H19N3O3/c1-12(2,11(14)16)15-8-6-10(18-4)9(17-3)5-7(8)13/h5-6,15H,13H2,1-4H3,(H2,14,16). The minimum atomic E-state index is -0.909. The molecule has 0 radical (unpaired) electrons. The molecule has 6 nitrogen and oxygen atoms in total. The average Bonchev–Trinajstić information content (AvgIpc) is 2.30. The molecular weight excluding hydrogens is 234 g/mol. The molecule has 0 atom stereocenters. The van der Waals surface area contributed by atoms with Gasteiger partial charge in [0.25, 0.3) is 0 Å². The van der Waals surface area contributed by atoms with Crippen LogP contribution in [0.5, 0.6) is 11.5 Å². The summed E-state index contributed by atoms with van der Waals surface area (Å²) in [6.07, 6.45) is 0. The van der Waals surface area contributed by atoms with Crippen LogP contribution in [0.1, 0.15) is 13.8 Å². The van der Waals surface area contributed by atoms with Gasteiger partial charge < -0.3 is 26.3 Å². The van der Waals surface area contributed by atoms with E-state index >= 15 is 0 Å². The van der Waals surface area contributed by atoms with Crippen molar-refractivity contribution >= 4 is 17.3 Å². The average molecular weight is 253 g/mol. The molecule has 6 heteroatoms. The first-order valence-electron chi connectivity index (χ1n) is 5.41. The molecule has 0 saturated heterocycles. The molecule has 0 unspecified atom stereocenters. The normalized spacial score (nSPS) is 10.9. The number of methoxy groups -OCH3 is 2. The fourth-order valence-corrected chi connectivity index (χ4v) is 1.40. The van der Waals surface area contributed by atoms with Crippen molar-refractivity contribution in [3.8, 4) is 11.5 Å². The molecule has 0 fully saturated rings. The van der Waals surface area contributed by atoms with Crippen molar-refractivity contribution in [2.45, 2.75) is 19.4 Å². The van der Waals surface area contributed by atoms with Gasteiger partial charge in [0.1, 0.15) is 5.54 Å². The lowest BCUT2D eigenvalue weighted by atomic mass is 10.0. The zero-order valence-electron chi connectivity index (χ0n) is 11.0. The Labute approximate surface area is 106 Å². The molecule has 0 bridgehead atoms. The second-order valence-corrected chi connectivity index (χ2v) is 4.41. The SMILES string of the molecule is COc1cc(N)c(NC(C)(C)C(N)=O)cc1OC. The summed E-state index contributed by atoms with van der Waals surface area (Å²) in [6, 6.07) is 3.29. The number of nitrogens with two attached hydrogens (primary N) is 2. The van der Waals surface area contributed by atoms with Crippen molar-refractivity contribution in [3.05, 3.63) is 12.1 Å². The van der Waals surface area contributed by atoms with Crippen LogP contribution in [0.15, 0.2) is 12.1 Å². The third-order valence-corrected chi connectivity index (χ3v) is 2.62. The van der Waals surface area contributed by atoms with E-state index in [0.717, 1.165) is 0 Å². The van der Waals surface area contributed by atoms with Gasteiger partial charge in [-0.2, -0.15) is 0 Å². The van der Waals surface area contributed by atoms with Crippen LogP contribution >= 0.6 is 0 Å². The predicted octanol–water partition coefficient (Wildman–Crippen LogP) is 0.962. The summed E-state index contributed by atoms with van der Waals surface area (Å²) >= 11 is 0. The van der Waals surface area contributed by atoms with Gasteiger partial charge >= 0.3 is 0 Å². The zero-order valence-corrected chi connectivity index (χ0v) is 11.0. The molecule has 18 heavy (non-hydrogen) atoms. The fraction of sp³-hybridized carbons (Fsp3) is 0.417. The zero-order chi connectivity index (χ0) is 13.9. The van der Waals surface area contributed by atoms with E-state index in [1.165, 1.54) is 14.2 Å². The van der Waals surface area contributed by atoms with Crippen LogP contribution in [0.2, 0.25) is 0 Å². The van der Waals surface area contributed by atoms with Gasteiger partial charge in [-0.05, 0) is 13.8 Å². The summed E-state index contributed by atoms with van der Waals surface area (Å²) in [5.74, 6) is 0.573. The Hall–Kier alpha value is -2.11. The highest BCUT2D eigenvalue weighted by atomic mass is 16.5. The molecule has 0 heterocycles. The number of anilines is 2. The van der Waals surface area contributed by atoms with Gasteiger partial charge in [0, 0.05) is 12.1 Å². The van der Waals surface area contributed by atoms with Crippen molar-refractivity contribution in [2.75, 3.05) is 25.3 Å². The molecule has 0 aromatic heterocycles. The number of ether oxygens (including phenoxy) is 2. The monoisotopic (exact) mass is 253 g/mol. The Bertz CT molecular complexity index is 458. The first-order valence-corrected chi connectivity index (χ1v) is 5.41. The van der Waals surface area contributed by atoms with E-state index in [9.17, 15) is 4.79 Å². The smallest absolute Gasteiger partial charge is 0.242 e. The van der Waals surface area contributed by atoms with Gasteiger partial charge in [-0.25, -0.2) is 0 Å². The van der Waals surface area contributed by atoms with E-state index in [1.54, 1.807) is 26.0 Å². The Morgan fingerprint density at radius 2 is 1.72 bits per heavy atom. The van der Waals surface area contributed by atoms with Crippen molar-refractivity contribution in [2.24, 2.45) is 5.73 Å². The number of primary amides is 1. The molecule has 1 rings (SSSR count). The quantitative estimate of drug-likeness (QED) is 0.679. The van der Waals surface area contributed by atoms with Gasteiger partial charge in [-0.1, -0.05) is 0 Å². The topological polar surface area (TPSA) is 99.6 Å². The summed E-state index contributed by atoms with van der Waals surface area (Å²) in [7, 11) is 3.05. The number of hydrogen-bond acceptors (Lipinski definition) is 5. The Morgan fingerprint density at radius 3 is 2.17 bits per heavy atom. The van der Waals surface area contributed by atoms with Crippen LogP contribution in [-0.4, -0.2) is 25.7 Å². The van der Waals surface area contributed by atoms with Crippen molar-refractivity contribution in [1.82, 2.24) is 0 Å². The molecule has 5 N–H and O–H groups in total. The van der Waals surface area contributed by atoms with Crippen LogP contribution in [0.25, 0.3) is 0 Å². The highest BCUT2D eigenvalue weighted by molar-refractivity contribution is 5.88. The molecule has 0 aliphatic carbocycles. The van der Waals surface area contributed by atoms with Crippen molar-refractivity contribution in [3.63, 3.8) is 0 Å². The van der Waals surface area contributed by atoms with Gasteiger partial charge in [-0.3, -0.25) is 4.79 Å². The maximum atomic E-state index is 11.3. The third kappa shape index (κ3) is 2.77. The maximum absolute atomic E-state index is 11.3. The predicted molar refractivity (Wildman–Crippen MR) is 70.9 cm³/mol. The lowest BCUT2D eigenvalue weighted by Crippen LogP contribution is -2.45. The van der Waals surface area contributed by atoms with E-state index in [4.69, 9.17) is 20.9 Å². The first kappa shape index (κ1) is 14.0. The van der Waals surface area contributed by atoms with Gasteiger partial charge in [0.15, 0.2) is 11.5 Å². The van der Waals surface area contributed by atoms with Crippen LogP contribution in [0, 0.1) is 0 Å². The lowest BCUT2D eigenvalue weighted by Gasteiger charge is -2.25.